The molecule has 0 aromatic heterocycles. The summed E-state index contributed by atoms with van der Waals surface area (Å²) >= 11 is 12.3. The van der Waals surface area contributed by atoms with Gasteiger partial charge in [0.1, 0.15) is 11.9 Å². The molecule has 2 fully saturated rings. The van der Waals surface area contributed by atoms with E-state index in [0.717, 1.165) is 43.4 Å². The molecule has 1 amide bonds. The highest BCUT2D eigenvalue weighted by atomic mass is 35.5. The van der Waals surface area contributed by atoms with Crippen LogP contribution in [0.15, 0.2) is 30.3 Å². The number of Topliss-reactive ketones (excluding diaryl/α,β-unsaturated/α-hetero) is 1. The number of ether oxygens (including phenoxy) is 2. The van der Waals surface area contributed by atoms with Crippen molar-refractivity contribution in [2.45, 2.75) is 69.6 Å². The maximum Gasteiger partial charge on any atom is 0.308 e. The minimum atomic E-state index is -0.394. The van der Waals surface area contributed by atoms with Crippen LogP contribution in [0.2, 0.25) is 10.0 Å². The first kappa shape index (κ1) is 26.6. The average Bonchev–Trinajstić information content (AvgIpc) is 3.23. The van der Waals surface area contributed by atoms with E-state index < -0.39 is 5.97 Å². The minimum Gasteiger partial charge on any atom is -0.483 e. The van der Waals surface area contributed by atoms with Crippen molar-refractivity contribution in [2.75, 3.05) is 20.1 Å². The van der Waals surface area contributed by atoms with Crippen LogP contribution in [-0.4, -0.2) is 65.8 Å². The molecule has 1 saturated carbocycles. The number of ketones is 1. The quantitative estimate of drug-likeness (QED) is 0.372. The molecular formula is C30H32Cl2N2O5. The molecule has 5 atom stereocenters. The lowest BCUT2D eigenvalue weighted by atomic mass is 9.51. The smallest absolute Gasteiger partial charge is 0.308 e. The van der Waals surface area contributed by atoms with Gasteiger partial charge in [-0.25, -0.2) is 0 Å². The van der Waals surface area contributed by atoms with Crippen LogP contribution >= 0.6 is 23.2 Å². The topological polar surface area (TPSA) is 76.2 Å². The van der Waals surface area contributed by atoms with Crippen LogP contribution in [0.4, 0.5) is 0 Å². The summed E-state index contributed by atoms with van der Waals surface area (Å²) in [5.41, 5.74) is 2.82. The molecule has 2 aromatic rings. The minimum absolute atomic E-state index is 0.0189. The van der Waals surface area contributed by atoms with E-state index in [4.69, 9.17) is 32.7 Å². The van der Waals surface area contributed by atoms with E-state index in [2.05, 4.69) is 4.90 Å². The first-order valence-corrected chi connectivity index (χ1v) is 14.3. The molecular weight excluding hydrogens is 539 g/mol. The van der Waals surface area contributed by atoms with Crippen molar-refractivity contribution in [1.29, 1.82) is 0 Å². The average molecular weight is 572 g/mol. The largest absolute Gasteiger partial charge is 0.483 e. The highest BCUT2D eigenvalue weighted by Crippen LogP contribution is 2.64. The van der Waals surface area contributed by atoms with Crippen molar-refractivity contribution >= 4 is 40.9 Å². The summed E-state index contributed by atoms with van der Waals surface area (Å²) in [4.78, 5) is 41.8. The Morgan fingerprint density at radius 3 is 2.64 bits per heavy atom. The Hall–Kier alpha value is -2.61. The molecule has 206 valence electrons. The number of amides is 1. The third kappa shape index (κ3) is 4.25. The summed E-state index contributed by atoms with van der Waals surface area (Å²) in [6, 6.07) is 9.22. The Morgan fingerprint density at radius 1 is 1.13 bits per heavy atom. The molecule has 2 aromatic carbocycles. The van der Waals surface area contributed by atoms with Gasteiger partial charge in [0.2, 0.25) is 5.91 Å². The Labute approximate surface area is 238 Å². The van der Waals surface area contributed by atoms with Gasteiger partial charge in [-0.15, -0.1) is 0 Å². The summed E-state index contributed by atoms with van der Waals surface area (Å²) < 4.78 is 12.4. The van der Waals surface area contributed by atoms with Gasteiger partial charge >= 0.3 is 5.97 Å². The van der Waals surface area contributed by atoms with Crippen LogP contribution in [-0.2, 0) is 32.6 Å². The van der Waals surface area contributed by atoms with E-state index in [1.807, 2.05) is 30.1 Å². The fourth-order valence-electron chi connectivity index (χ4n) is 7.84. The second kappa shape index (κ2) is 9.79. The predicted molar refractivity (Wildman–Crippen MR) is 148 cm³/mol. The molecule has 2 aliphatic heterocycles. The van der Waals surface area contributed by atoms with Gasteiger partial charge in [-0.1, -0.05) is 35.3 Å². The van der Waals surface area contributed by atoms with E-state index in [0.29, 0.717) is 28.1 Å². The van der Waals surface area contributed by atoms with Crippen LogP contribution < -0.4 is 9.47 Å². The second-order valence-electron chi connectivity index (χ2n) is 11.5. The molecule has 2 heterocycles. The van der Waals surface area contributed by atoms with Gasteiger partial charge in [0, 0.05) is 31.0 Å². The summed E-state index contributed by atoms with van der Waals surface area (Å²) in [5, 5.41) is 0.882. The maximum atomic E-state index is 13.6. The molecule has 1 spiro atoms. The number of nitrogens with zero attached hydrogens (tertiary/aromatic N) is 2. The second-order valence-corrected chi connectivity index (χ2v) is 12.3. The van der Waals surface area contributed by atoms with Crippen LogP contribution in [0.3, 0.4) is 0 Å². The van der Waals surface area contributed by atoms with E-state index in [1.165, 1.54) is 12.5 Å². The zero-order valence-corrected chi connectivity index (χ0v) is 23.8. The number of likely N-dealkylation sites (N-methyl/N-ethyl adjacent to an activating group) is 1. The lowest BCUT2D eigenvalue weighted by Gasteiger charge is -2.60. The highest BCUT2D eigenvalue weighted by molar-refractivity contribution is 6.42. The number of benzene rings is 2. The Bertz CT molecular complexity index is 1380. The number of rotatable bonds is 6. The van der Waals surface area contributed by atoms with Gasteiger partial charge in [0.05, 0.1) is 29.1 Å². The molecule has 2 aliphatic carbocycles. The molecule has 1 saturated heterocycles. The number of piperidine rings is 1. The van der Waals surface area contributed by atoms with Gasteiger partial charge in [-0.05, 0) is 74.4 Å². The zero-order valence-electron chi connectivity index (χ0n) is 22.3. The maximum absolute atomic E-state index is 13.6. The van der Waals surface area contributed by atoms with Gasteiger partial charge < -0.3 is 14.4 Å². The van der Waals surface area contributed by atoms with E-state index in [1.54, 1.807) is 19.1 Å². The highest BCUT2D eigenvalue weighted by Gasteiger charge is 2.66. The van der Waals surface area contributed by atoms with Gasteiger partial charge in [0.25, 0.3) is 0 Å². The van der Waals surface area contributed by atoms with Crippen LogP contribution in [0.1, 0.15) is 49.8 Å². The fourth-order valence-corrected chi connectivity index (χ4v) is 8.16. The normalized spacial score (nSPS) is 28.3. The Morgan fingerprint density at radius 2 is 1.92 bits per heavy atom. The molecule has 2 bridgehead atoms. The molecule has 39 heavy (non-hydrogen) atoms. The van der Waals surface area contributed by atoms with Crippen molar-refractivity contribution in [3.05, 3.63) is 57.1 Å². The molecule has 4 aliphatic rings. The molecule has 0 radical (unpaired) electrons. The number of halogens is 2. The number of carbonyl (C=O) groups excluding carboxylic acids is 3. The zero-order chi connectivity index (χ0) is 27.6. The molecule has 7 nitrogen and oxygen atoms in total. The van der Waals surface area contributed by atoms with Gasteiger partial charge in [-0.2, -0.15) is 0 Å². The number of hydrogen-bond donors (Lipinski definition) is 0. The van der Waals surface area contributed by atoms with E-state index in [9.17, 15) is 14.4 Å². The van der Waals surface area contributed by atoms with Crippen molar-refractivity contribution in [2.24, 2.45) is 5.92 Å². The molecule has 0 unspecified atom stereocenters. The first-order valence-electron chi connectivity index (χ1n) is 13.5. The Kier molecular flexibility index (Phi) is 6.68. The summed E-state index contributed by atoms with van der Waals surface area (Å²) in [6.45, 7) is 4.27. The number of hydrogen-bond acceptors (Lipinski definition) is 6. The standard InChI is InChI=1S/C30H32Cl2N2O5/c1-16(35)15-34-11-10-30-20-6-8-23(33(3)26(37)13-18-4-7-21(31)22(32)12-18)29(30)39-28-25(38-17(2)36)9-5-19(27(28)30)14-24(20)34/h4-5,7,9,12,20,23-24,29H,6,8,10-11,13-15H2,1-3H3/t20-,23+,24+,29-,30-/m0/s1. The number of carbonyl (C=O) groups is 3. The van der Waals surface area contributed by atoms with Gasteiger partial charge in [0.15, 0.2) is 11.5 Å². The number of likely N-dealkylation sites (tertiary alicyclic amines) is 1. The monoisotopic (exact) mass is 570 g/mol. The lowest BCUT2D eigenvalue weighted by Crippen LogP contribution is -2.69. The first-order chi connectivity index (χ1) is 18.6. The van der Waals surface area contributed by atoms with Crippen LogP contribution in [0, 0.1) is 5.92 Å². The van der Waals surface area contributed by atoms with Crippen LogP contribution in [0.25, 0.3) is 0 Å². The molecule has 6 rings (SSSR count). The van der Waals surface area contributed by atoms with Crippen LogP contribution in [0.5, 0.6) is 11.5 Å². The summed E-state index contributed by atoms with van der Waals surface area (Å²) in [5.74, 6) is 1.13. The van der Waals surface area contributed by atoms with Gasteiger partial charge in [-0.3, -0.25) is 19.3 Å². The SMILES string of the molecule is CC(=O)CN1CC[C@]23c4c5ccc(OC(C)=O)c4O[C@H]2[C@H](N(C)C(=O)Cc2ccc(Cl)c(Cl)c2)CC[C@H]3[C@H]1C5. The third-order valence-electron chi connectivity index (χ3n) is 9.30. The predicted octanol–water partition coefficient (Wildman–Crippen LogP) is 4.62. The molecule has 0 N–H and O–H groups in total. The summed E-state index contributed by atoms with van der Waals surface area (Å²) in [6.07, 6.45) is 3.30. The van der Waals surface area contributed by atoms with Crippen molar-refractivity contribution in [3.8, 4) is 11.5 Å². The molecule has 9 heteroatoms. The summed E-state index contributed by atoms with van der Waals surface area (Å²) in [7, 11) is 1.85. The van der Waals surface area contributed by atoms with E-state index >= 15 is 0 Å². The van der Waals surface area contributed by atoms with E-state index in [-0.39, 0.29) is 47.6 Å². The lowest BCUT2D eigenvalue weighted by molar-refractivity contribution is -0.140. The van der Waals surface area contributed by atoms with Crippen molar-refractivity contribution in [1.82, 2.24) is 9.80 Å². The Balaban J connectivity index is 1.37. The van der Waals surface area contributed by atoms with Crippen molar-refractivity contribution in [3.63, 3.8) is 0 Å². The fraction of sp³-hybridized carbons (Fsp3) is 0.500. The van der Waals surface area contributed by atoms with Crippen molar-refractivity contribution < 1.29 is 23.9 Å². The third-order valence-corrected chi connectivity index (χ3v) is 10.0. The number of esters is 1.